The number of unbranched alkanes of at least 4 members (excludes halogenated alkanes) is 1. The SMILES string of the molecule is CCCCC(Oc1ccc([N+](=O)[O-])cc1C=O)C(=O)OCC. The number of benzene rings is 1. The number of carbonyl (C=O) groups is 2. The second-order valence-corrected chi connectivity index (χ2v) is 4.60. The average molecular weight is 309 g/mol. The highest BCUT2D eigenvalue weighted by atomic mass is 16.6. The molecule has 0 aliphatic heterocycles. The summed E-state index contributed by atoms with van der Waals surface area (Å²) in [4.78, 5) is 33.1. The van der Waals surface area contributed by atoms with E-state index in [2.05, 4.69) is 0 Å². The third-order valence-electron chi connectivity index (χ3n) is 2.97. The van der Waals surface area contributed by atoms with Gasteiger partial charge in [-0.3, -0.25) is 14.9 Å². The van der Waals surface area contributed by atoms with E-state index in [1.54, 1.807) is 6.92 Å². The Kier molecular flexibility index (Phi) is 7.01. The molecule has 0 spiro atoms. The van der Waals surface area contributed by atoms with Crippen LogP contribution >= 0.6 is 0 Å². The maximum atomic E-state index is 11.9. The molecule has 0 saturated carbocycles. The number of nitro groups is 1. The van der Waals surface area contributed by atoms with E-state index in [1.807, 2.05) is 6.92 Å². The van der Waals surface area contributed by atoms with Crippen molar-refractivity contribution >= 4 is 17.9 Å². The summed E-state index contributed by atoms with van der Waals surface area (Å²) in [6, 6.07) is 3.66. The van der Waals surface area contributed by atoms with Gasteiger partial charge in [0.2, 0.25) is 0 Å². The van der Waals surface area contributed by atoms with Gasteiger partial charge in [-0.1, -0.05) is 13.3 Å². The molecule has 0 saturated heterocycles. The first kappa shape index (κ1) is 17.6. The largest absolute Gasteiger partial charge is 0.478 e. The molecule has 1 aromatic carbocycles. The van der Waals surface area contributed by atoms with E-state index >= 15 is 0 Å². The zero-order valence-electron chi connectivity index (χ0n) is 12.6. The molecule has 0 amide bonds. The molecule has 120 valence electrons. The van der Waals surface area contributed by atoms with Crippen LogP contribution < -0.4 is 4.74 Å². The molecule has 1 aromatic rings. The zero-order chi connectivity index (χ0) is 16.5. The minimum atomic E-state index is -0.833. The molecule has 7 nitrogen and oxygen atoms in total. The molecule has 0 heterocycles. The maximum absolute atomic E-state index is 11.9. The minimum absolute atomic E-state index is 0.0278. The summed E-state index contributed by atoms with van der Waals surface area (Å²) in [5.41, 5.74) is -0.185. The summed E-state index contributed by atoms with van der Waals surface area (Å²) < 4.78 is 10.5. The molecular weight excluding hydrogens is 290 g/mol. The predicted octanol–water partition coefficient (Wildman–Crippen LogP) is 2.91. The Balaban J connectivity index is 2.98. The molecule has 1 atom stereocenters. The number of nitro benzene ring substituents is 1. The Morgan fingerprint density at radius 3 is 2.68 bits per heavy atom. The van der Waals surface area contributed by atoms with Crippen molar-refractivity contribution in [2.75, 3.05) is 6.61 Å². The quantitative estimate of drug-likeness (QED) is 0.301. The van der Waals surface area contributed by atoms with Crippen LogP contribution in [0.2, 0.25) is 0 Å². The summed E-state index contributed by atoms with van der Waals surface area (Å²) in [6.07, 6.45) is 1.71. The lowest BCUT2D eigenvalue weighted by atomic mass is 10.1. The number of non-ortho nitro benzene ring substituents is 1. The van der Waals surface area contributed by atoms with Gasteiger partial charge in [-0.05, 0) is 25.8 Å². The smallest absolute Gasteiger partial charge is 0.347 e. The van der Waals surface area contributed by atoms with Gasteiger partial charge in [0.25, 0.3) is 5.69 Å². The predicted molar refractivity (Wildman–Crippen MR) is 79.1 cm³/mol. The van der Waals surface area contributed by atoms with Crippen LogP contribution in [0, 0.1) is 10.1 Å². The molecule has 1 rings (SSSR count). The van der Waals surface area contributed by atoms with E-state index in [1.165, 1.54) is 12.1 Å². The summed E-state index contributed by atoms with van der Waals surface area (Å²) >= 11 is 0. The maximum Gasteiger partial charge on any atom is 0.347 e. The van der Waals surface area contributed by atoms with Gasteiger partial charge in [-0.2, -0.15) is 0 Å². The van der Waals surface area contributed by atoms with Crippen molar-refractivity contribution in [2.24, 2.45) is 0 Å². The van der Waals surface area contributed by atoms with Gasteiger partial charge in [0, 0.05) is 12.1 Å². The van der Waals surface area contributed by atoms with E-state index in [0.29, 0.717) is 12.7 Å². The topological polar surface area (TPSA) is 95.7 Å². The van der Waals surface area contributed by atoms with Crippen LogP contribution in [0.5, 0.6) is 5.75 Å². The average Bonchev–Trinajstić information content (AvgIpc) is 2.51. The molecular formula is C15H19NO6. The fourth-order valence-electron chi connectivity index (χ4n) is 1.85. The number of hydrogen-bond donors (Lipinski definition) is 0. The van der Waals surface area contributed by atoms with Crippen molar-refractivity contribution in [2.45, 2.75) is 39.2 Å². The van der Waals surface area contributed by atoms with Gasteiger partial charge in [0.15, 0.2) is 12.4 Å². The van der Waals surface area contributed by atoms with Crippen molar-refractivity contribution in [3.05, 3.63) is 33.9 Å². The van der Waals surface area contributed by atoms with Crippen LogP contribution in [0.4, 0.5) is 5.69 Å². The van der Waals surface area contributed by atoms with E-state index in [4.69, 9.17) is 9.47 Å². The van der Waals surface area contributed by atoms with Crippen LogP contribution in [0.3, 0.4) is 0 Å². The van der Waals surface area contributed by atoms with Crippen molar-refractivity contribution in [3.63, 3.8) is 0 Å². The number of ether oxygens (including phenoxy) is 2. The molecule has 0 aliphatic rings. The fourth-order valence-corrected chi connectivity index (χ4v) is 1.85. The third-order valence-corrected chi connectivity index (χ3v) is 2.97. The molecule has 22 heavy (non-hydrogen) atoms. The molecule has 0 aliphatic carbocycles. The second kappa shape index (κ2) is 8.76. The third kappa shape index (κ3) is 4.83. The van der Waals surface area contributed by atoms with E-state index < -0.39 is 17.0 Å². The highest BCUT2D eigenvalue weighted by Gasteiger charge is 2.23. The summed E-state index contributed by atoms with van der Waals surface area (Å²) in [5.74, 6) is -0.374. The lowest BCUT2D eigenvalue weighted by Gasteiger charge is -2.18. The van der Waals surface area contributed by atoms with Gasteiger partial charge in [-0.15, -0.1) is 0 Å². The van der Waals surface area contributed by atoms with Crippen LogP contribution in [0.25, 0.3) is 0 Å². The van der Waals surface area contributed by atoms with E-state index in [9.17, 15) is 19.7 Å². The number of nitrogens with zero attached hydrogens (tertiary/aromatic N) is 1. The Labute approximate surface area is 128 Å². The molecule has 1 unspecified atom stereocenters. The summed E-state index contributed by atoms with van der Waals surface area (Å²) in [6.45, 7) is 3.90. The molecule has 7 heteroatoms. The standard InChI is InChI=1S/C15H19NO6/c1-3-5-6-14(15(18)21-4-2)22-13-8-7-12(16(19)20)9-11(13)10-17/h7-10,14H,3-6H2,1-2H3. The molecule has 0 fully saturated rings. The lowest BCUT2D eigenvalue weighted by molar-refractivity contribution is -0.384. The van der Waals surface area contributed by atoms with Gasteiger partial charge in [0.05, 0.1) is 17.1 Å². The highest BCUT2D eigenvalue weighted by molar-refractivity contribution is 5.81. The van der Waals surface area contributed by atoms with Gasteiger partial charge >= 0.3 is 5.97 Å². The number of esters is 1. The normalized spacial score (nSPS) is 11.5. The first-order chi connectivity index (χ1) is 10.5. The van der Waals surface area contributed by atoms with E-state index in [0.717, 1.165) is 18.9 Å². The van der Waals surface area contributed by atoms with Crippen LogP contribution in [-0.2, 0) is 9.53 Å². The number of rotatable bonds is 9. The van der Waals surface area contributed by atoms with Crippen LogP contribution in [0.15, 0.2) is 18.2 Å². The minimum Gasteiger partial charge on any atom is -0.478 e. The summed E-state index contributed by atoms with van der Waals surface area (Å²) in [5, 5.41) is 10.7. The first-order valence-electron chi connectivity index (χ1n) is 7.10. The van der Waals surface area contributed by atoms with Crippen LogP contribution in [0.1, 0.15) is 43.5 Å². The zero-order valence-corrected chi connectivity index (χ0v) is 12.6. The van der Waals surface area contributed by atoms with Gasteiger partial charge in [-0.25, -0.2) is 4.79 Å². The highest BCUT2D eigenvalue weighted by Crippen LogP contribution is 2.25. The van der Waals surface area contributed by atoms with Crippen molar-refractivity contribution in [1.82, 2.24) is 0 Å². The fraction of sp³-hybridized carbons (Fsp3) is 0.467. The van der Waals surface area contributed by atoms with Crippen molar-refractivity contribution < 1.29 is 24.0 Å². The van der Waals surface area contributed by atoms with Gasteiger partial charge < -0.3 is 9.47 Å². The molecule has 0 radical (unpaired) electrons. The monoisotopic (exact) mass is 309 g/mol. The number of carbonyl (C=O) groups excluding carboxylic acids is 2. The van der Waals surface area contributed by atoms with Gasteiger partial charge in [0.1, 0.15) is 5.75 Å². The molecule has 0 aromatic heterocycles. The molecule has 0 bridgehead atoms. The second-order valence-electron chi connectivity index (χ2n) is 4.60. The van der Waals surface area contributed by atoms with Crippen molar-refractivity contribution in [3.8, 4) is 5.75 Å². The Bertz CT molecular complexity index is 543. The number of hydrogen-bond acceptors (Lipinski definition) is 6. The first-order valence-corrected chi connectivity index (χ1v) is 7.10. The number of aldehydes is 1. The Morgan fingerprint density at radius 1 is 1.41 bits per heavy atom. The lowest BCUT2D eigenvalue weighted by Crippen LogP contribution is -2.29. The van der Waals surface area contributed by atoms with E-state index in [-0.39, 0.29) is 23.6 Å². The Morgan fingerprint density at radius 2 is 2.14 bits per heavy atom. The summed E-state index contributed by atoms with van der Waals surface area (Å²) in [7, 11) is 0. The van der Waals surface area contributed by atoms with Crippen molar-refractivity contribution in [1.29, 1.82) is 0 Å². The molecule has 0 N–H and O–H groups in total. The Hall–Kier alpha value is -2.44. The van der Waals surface area contributed by atoms with Crippen LogP contribution in [-0.4, -0.2) is 29.9 Å².